The first-order chi connectivity index (χ1) is 21.3. The third-order valence-electron chi connectivity index (χ3n) is 8.72. The number of esters is 1. The molecule has 44 heavy (non-hydrogen) atoms. The molecule has 2 saturated heterocycles. The normalized spacial score (nSPS) is 25.0. The maximum absolute atomic E-state index is 14.0. The minimum atomic E-state index is -1.31. The highest BCUT2D eigenvalue weighted by Gasteiger charge is 2.59. The number of likely N-dealkylation sites (tertiary alicyclic amines) is 2. The molecular weight excluding hydrogens is 566 g/mol. The van der Waals surface area contributed by atoms with Gasteiger partial charge >= 0.3 is 5.97 Å². The number of hydrogen-bond acceptors (Lipinski definition) is 8. The molecule has 0 aliphatic carbocycles. The standard InChI is InChI=1S/C33H41N3O8/c1-23-33(32(40)41-2)19-25(17-29(37)34-13-8-15-35-14-6-12-30(35)38)31(39)36(20-26-11-7-16-43-26)28(33)18-27(44-23)22-42-21-24-9-4-3-5-10-24/h3-5,7,9-11,16,18,23,25,27H,6,8,12-15,17,19-22H2,1-2H3,(H,34,37)/t23-,25+,27-,33+/m1/s1. The lowest BCUT2D eigenvalue weighted by Gasteiger charge is -2.51. The topological polar surface area (TPSA) is 128 Å². The number of amides is 3. The number of furan rings is 1. The Kier molecular flexibility index (Phi) is 10.2. The third-order valence-corrected chi connectivity index (χ3v) is 8.72. The quantitative estimate of drug-likeness (QED) is 0.272. The second-order valence-electron chi connectivity index (χ2n) is 11.6. The van der Waals surface area contributed by atoms with Crippen LogP contribution in [0.1, 0.15) is 50.4 Å². The van der Waals surface area contributed by atoms with Gasteiger partial charge in [-0.3, -0.25) is 19.2 Å². The Hall–Kier alpha value is -3.96. The van der Waals surface area contributed by atoms with Crippen molar-refractivity contribution >= 4 is 23.7 Å². The van der Waals surface area contributed by atoms with E-state index in [4.69, 9.17) is 18.6 Å². The fraction of sp³-hybridized carbons (Fsp3) is 0.515. The van der Waals surface area contributed by atoms with Gasteiger partial charge in [-0.25, -0.2) is 0 Å². The van der Waals surface area contributed by atoms with Gasteiger partial charge < -0.3 is 33.7 Å². The van der Waals surface area contributed by atoms with Gasteiger partial charge in [0.1, 0.15) is 17.3 Å². The zero-order valence-electron chi connectivity index (χ0n) is 25.4. The summed E-state index contributed by atoms with van der Waals surface area (Å²) < 4.78 is 23.2. The number of carbonyl (C=O) groups is 4. The van der Waals surface area contributed by atoms with Gasteiger partial charge in [0.05, 0.1) is 39.2 Å². The van der Waals surface area contributed by atoms with E-state index in [9.17, 15) is 19.2 Å². The van der Waals surface area contributed by atoms with Gasteiger partial charge in [0.15, 0.2) is 0 Å². The Morgan fingerprint density at radius 1 is 1.14 bits per heavy atom. The summed E-state index contributed by atoms with van der Waals surface area (Å²) >= 11 is 0. The lowest BCUT2D eigenvalue weighted by atomic mass is 9.66. The van der Waals surface area contributed by atoms with Crippen LogP contribution in [0, 0.1) is 11.3 Å². The van der Waals surface area contributed by atoms with Crippen molar-refractivity contribution in [2.75, 3.05) is 33.4 Å². The number of benzene rings is 1. The van der Waals surface area contributed by atoms with Gasteiger partial charge in [-0.2, -0.15) is 0 Å². The summed E-state index contributed by atoms with van der Waals surface area (Å²) in [5, 5.41) is 2.89. The first kappa shape index (κ1) is 31.5. The molecule has 3 aliphatic heterocycles. The second-order valence-corrected chi connectivity index (χ2v) is 11.6. The fourth-order valence-corrected chi connectivity index (χ4v) is 6.47. The van der Waals surface area contributed by atoms with E-state index in [2.05, 4.69) is 5.32 Å². The van der Waals surface area contributed by atoms with Crippen LogP contribution in [0.4, 0.5) is 0 Å². The number of nitrogens with one attached hydrogen (secondary N) is 1. The molecule has 0 bridgehead atoms. The lowest BCUT2D eigenvalue weighted by molar-refractivity contribution is -0.178. The third kappa shape index (κ3) is 6.89. The van der Waals surface area contributed by atoms with E-state index in [0.29, 0.717) is 44.0 Å². The molecule has 1 aromatic heterocycles. The Bertz CT molecular complexity index is 1340. The average Bonchev–Trinajstić information content (AvgIpc) is 3.69. The fourth-order valence-electron chi connectivity index (χ4n) is 6.47. The number of nitrogens with zero attached hydrogens (tertiary/aromatic N) is 2. The van der Waals surface area contributed by atoms with E-state index in [1.807, 2.05) is 35.2 Å². The van der Waals surface area contributed by atoms with Crippen molar-refractivity contribution in [1.82, 2.24) is 15.1 Å². The molecule has 11 nitrogen and oxygen atoms in total. The highest BCUT2D eigenvalue weighted by Crippen LogP contribution is 2.50. The smallest absolute Gasteiger partial charge is 0.320 e. The number of ether oxygens (including phenoxy) is 3. The van der Waals surface area contributed by atoms with Crippen LogP contribution in [0.25, 0.3) is 0 Å². The van der Waals surface area contributed by atoms with Crippen molar-refractivity contribution in [1.29, 1.82) is 0 Å². The molecule has 236 valence electrons. The summed E-state index contributed by atoms with van der Waals surface area (Å²) in [6.07, 6.45) is 4.15. The van der Waals surface area contributed by atoms with Gasteiger partial charge in [0, 0.05) is 44.1 Å². The molecule has 0 spiro atoms. The summed E-state index contributed by atoms with van der Waals surface area (Å²) in [7, 11) is 1.32. The molecule has 4 heterocycles. The van der Waals surface area contributed by atoms with E-state index >= 15 is 0 Å². The number of piperidine rings is 1. The molecule has 3 aliphatic rings. The van der Waals surface area contributed by atoms with Gasteiger partial charge in [-0.1, -0.05) is 30.3 Å². The van der Waals surface area contributed by atoms with E-state index in [1.165, 1.54) is 13.4 Å². The first-order valence-corrected chi connectivity index (χ1v) is 15.3. The maximum atomic E-state index is 14.0. The molecule has 0 radical (unpaired) electrons. The van der Waals surface area contributed by atoms with Crippen molar-refractivity contribution in [3.63, 3.8) is 0 Å². The SMILES string of the molecule is COC(=O)[C@]12C[C@H](CC(=O)NCCCN3CCCC3=O)C(=O)N(Cc3ccco3)C1=C[C@H](COCc1ccccc1)O[C@@H]2C. The van der Waals surface area contributed by atoms with Gasteiger partial charge in [0.25, 0.3) is 0 Å². The molecule has 1 N–H and O–H groups in total. The average molecular weight is 608 g/mol. The lowest BCUT2D eigenvalue weighted by Crippen LogP contribution is -2.60. The number of fused-ring (bicyclic) bond motifs is 1. The van der Waals surface area contributed by atoms with Crippen molar-refractivity contribution in [3.8, 4) is 0 Å². The highest BCUT2D eigenvalue weighted by atomic mass is 16.6. The van der Waals surface area contributed by atoms with Crippen LogP contribution in [0.5, 0.6) is 0 Å². The van der Waals surface area contributed by atoms with Crippen LogP contribution in [-0.4, -0.2) is 79.0 Å². The zero-order valence-corrected chi connectivity index (χ0v) is 25.4. The Balaban J connectivity index is 1.33. The molecule has 2 fully saturated rings. The largest absolute Gasteiger partial charge is 0.468 e. The van der Waals surface area contributed by atoms with E-state index in [-0.39, 0.29) is 43.7 Å². The molecule has 3 amide bonds. The van der Waals surface area contributed by atoms with Crippen molar-refractivity contribution in [3.05, 3.63) is 71.8 Å². The molecule has 4 atom stereocenters. The van der Waals surface area contributed by atoms with Crippen LogP contribution in [-0.2, 0) is 46.5 Å². The monoisotopic (exact) mass is 607 g/mol. The summed E-state index contributed by atoms with van der Waals surface area (Å²) in [5.74, 6) is -1.21. The highest BCUT2D eigenvalue weighted by molar-refractivity contribution is 5.92. The predicted molar refractivity (Wildman–Crippen MR) is 158 cm³/mol. The molecular formula is C33H41N3O8. The second kappa shape index (κ2) is 14.2. The predicted octanol–water partition coefficient (Wildman–Crippen LogP) is 3.19. The first-order valence-electron chi connectivity index (χ1n) is 15.3. The van der Waals surface area contributed by atoms with Crippen LogP contribution >= 0.6 is 0 Å². The zero-order chi connectivity index (χ0) is 31.1. The van der Waals surface area contributed by atoms with E-state index in [1.54, 1.807) is 30.0 Å². The van der Waals surface area contributed by atoms with Crippen molar-refractivity contribution in [2.45, 2.75) is 64.4 Å². The number of rotatable bonds is 13. The summed E-state index contributed by atoms with van der Waals surface area (Å²) in [6.45, 7) is 4.22. The van der Waals surface area contributed by atoms with Crippen LogP contribution in [0.2, 0.25) is 0 Å². The Morgan fingerprint density at radius 2 is 1.95 bits per heavy atom. The van der Waals surface area contributed by atoms with Crippen molar-refractivity contribution < 1.29 is 37.8 Å². The molecule has 2 aromatic rings. The molecule has 0 unspecified atom stereocenters. The molecule has 5 rings (SSSR count). The number of carbonyl (C=O) groups excluding carboxylic acids is 4. The van der Waals surface area contributed by atoms with Crippen LogP contribution < -0.4 is 5.32 Å². The minimum absolute atomic E-state index is 0.0629. The van der Waals surface area contributed by atoms with Crippen LogP contribution in [0.15, 0.2) is 64.9 Å². The summed E-state index contributed by atoms with van der Waals surface area (Å²) in [5.41, 5.74) is 0.183. The van der Waals surface area contributed by atoms with E-state index < -0.39 is 29.5 Å². The Morgan fingerprint density at radius 3 is 2.66 bits per heavy atom. The Labute approximate surface area is 257 Å². The minimum Gasteiger partial charge on any atom is -0.468 e. The van der Waals surface area contributed by atoms with Gasteiger partial charge in [-0.15, -0.1) is 0 Å². The van der Waals surface area contributed by atoms with Crippen LogP contribution in [0.3, 0.4) is 0 Å². The van der Waals surface area contributed by atoms with Crippen molar-refractivity contribution in [2.24, 2.45) is 11.3 Å². The van der Waals surface area contributed by atoms with Gasteiger partial charge in [-0.05, 0) is 50.0 Å². The molecule has 1 aromatic carbocycles. The van der Waals surface area contributed by atoms with Gasteiger partial charge in [0.2, 0.25) is 17.7 Å². The number of hydrogen-bond donors (Lipinski definition) is 1. The molecule has 11 heteroatoms. The maximum Gasteiger partial charge on any atom is 0.320 e. The molecule has 0 saturated carbocycles. The summed E-state index contributed by atoms with van der Waals surface area (Å²) in [4.78, 5) is 55.9. The van der Waals surface area contributed by atoms with E-state index in [0.717, 1.165) is 18.5 Å². The number of methoxy groups -OCH3 is 1. The summed E-state index contributed by atoms with van der Waals surface area (Å²) in [6, 6.07) is 13.3.